The molecule has 0 bridgehead atoms. The first-order valence-corrected chi connectivity index (χ1v) is 22.8. The van der Waals surface area contributed by atoms with Gasteiger partial charge < -0.3 is 9.73 Å². The lowest BCUT2D eigenvalue weighted by atomic mass is 9.89. The van der Waals surface area contributed by atoms with Crippen LogP contribution in [0.25, 0.3) is 105 Å². The fraction of sp³-hybridized carbons (Fsp3) is 0.0159. The fourth-order valence-corrected chi connectivity index (χ4v) is 10.2. The van der Waals surface area contributed by atoms with Gasteiger partial charge in [-0.05, 0) is 80.1 Å². The summed E-state index contributed by atoms with van der Waals surface area (Å²) in [5.74, 6) is 0.845. The number of benzene rings is 10. The number of fused-ring (bicyclic) bond motifs is 7. The van der Waals surface area contributed by atoms with Crippen LogP contribution in [-0.2, 0) is 0 Å². The van der Waals surface area contributed by atoms with Crippen LogP contribution in [-0.4, -0.2) is 10.8 Å². The fourth-order valence-electron chi connectivity index (χ4n) is 10.2. The second-order valence-electron chi connectivity index (χ2n) is 17.3. The normalized spacial score (nSPS) is 13.8. The molecule has 3 heterocycles. The zero-order valence-electron chi connectivity index (χ0n) is 36.4. The standard InChI is InChI=1S/C63H41N3O/c1-4-17-40(18-5-1)45-23-16-24-46(37-45)56-39-55(42-19-6-2-7-20-42)65-63(66-56)50-36-35-47(48-25-10-11-26-49(48)50)41-31-33-44(34-32-41)62-53-38-58-61(52-28-13-15-30-57(52)67-58)59(43-21-8-3-9-22-43)60(53)51-27-12-14-29-54(51)64-62/h1-39,56H,(H,65,66). The Morgan fingerprint density at radius 3 is 1.75 bits per heavy atom. The molecule has 1 N–H and O–H groups in total. The van der Waals surface area contributed by atoms with E-state index in [0.717, 1.165) is 105 Å². The van der Waals surface area contributed by atoms with Crippen LogP contribution in [0.5, 0.6) is 0 Å². The van der Waals surface area contributed by atoms with Gasteiger partial charge in [-0.25, -0.2) is 9.98 Å². The summed E-state index contributed by atoms with van der Waals surface area (Å²) in [6.07, 6.45) is 2.25. The van der Waals surface area contributed by atoms with Gasteiger partial charge >= 0.3 is 0 Å². The van der Waals surface area contributed by atoms with Gasteiger partial charge in [0.05, 0.1) is 22.9 Å². The van der Waals surface area contributed by atoms with Gasteiger partial charge in [-0.1, -0.05) is 206 Å². The quantitative estimate of drug-likeness (QED) is 0.163. The van der Waals surface area contributed by atoms with Gasteiger partial charge in [0.1, 0.15) is 17.0 Å². The number of furan rings is 1. The van der Waals surface area contributed by atoms with Crippen molar-refractivity contribution in [3.63, 3.8) is 0 Å². The van der Waals surface area contributed by atoms with Crippen LogP contribution in [0.3, 0.4) is 0 Å². The van der Waals surface area contributed by atoms with Crippen molar-refractivity contribution in [2.75, 3.05) is 0 Å². The Hall–Kier alpha value is -8.86. The first kappa shape index (κ1) is 38.6. The van der Waals surface area contributed by atoms with Crippen molar-refractivity contribution in [2.45, 2.75) is 6.04 Å². The van der Waals surface area contributed by atoms with Gasteiger partial charge in [-0.15, -0.1) is 0 Å². The van der Waals surface area contributed by atoms with Gasteiger partial charge in [0.15, 0.2) is 0 Å². The predicted molar refractivity (Wildman–Crippen MR) is 279 cm³/mol. The van der Waals surface area contributed by atoms with Crippen LogP contribution in [0, 0.1) is 0 Å². The molecule has 0 amide bonds. The molecule has 2 aromatic heterocycles. The Kier molecular flexibility index (Phi) is 9.21. The van der Waals surface area contributed by atoms with E-state index in [1.807, 2.05) is 6.07 Å². The van der Waals surface area contributed by atoms with Crippen molar-refractivity contribution in [3.05, 3.63) is 253 Å². The maximum absolute atomic E-state index is 6.63. The minimum absolute atomic E-state index is 0.0936. The molecule has 0 aliphatic carbocycles. The molecule has 1 aliphatic heterocycles. The Morgan fingerprint density at radius 1 is 0.388 bits per heavy atom. The van der Waals surface area contributed by atoms with Gasteiger partial charge in [-0.2, -0.15) is 0 Å². The molecule has 0 saturated heterocycles. The highest BCUT2D eigenvalue weighted by atomic mass is 16.3. The Bertz CT molecular complexity index is 3930. The third-order valence-electron chi connectivity index (χ3n) is 13.3. The summed E-state index contributed by atoms with van der Waals surface area (Å²) >= 11 is 0. The number of nitrogens with zero attached hydrogens (tertiary/aromatic N) is 2. The van der Waals surface area contributed by atoms with E-state index in [-0.39, 0.29) is 6.04 Å². The molecule has 0 radical (unpaired) electrons. The molecule has 13 rings (SSSR count). The molecule has 0 fully saturated rings. The van der Waals surface area contributed by atoms with Crippen LogP contribution < -0.4 is 5.32 Å². The average molecular weight is 856 g/mol. The molecule has 1 atom stereocenters. The lowest BCUT2D eigenvalue weighted by Gasteiger charge is -2.26. The first-order valence-electron chi connectivity index (χ1n) is 22.8. The number of para-hydroxylation sites is 2. The molecule has 4 heteroatoms. The van der Waals surface area contributed by atoms with E-state index in [0.29, 0.717) is 0 Å². The van der Waals surface area contributed by atoms with Crippen molar-refractivity contribution in [2.24, 2.45) is 4.99 Å². The Morgan fingerprint density at radius 2 is 0.985 bits per heavy atom. The number of aromatic nitrogens is 1. The highest BCUT2D eigenvalue weighted by Crippen LogP contribution is 2.46. The first-order chi connectivity index (χ1) is 33.2. The van der Waals surface area contributed by atoms with Crippen LogP contribution in [0.4, 0.5) is 0 Å². The van der Waals surface area contributed by atoms with Crippen LogP contribution in [0.15, 0.2) is 246 Å². The Balaban J connectivity index is 0.924. The number of aliphatic imine (C=N–C) groups is 1. The molecular formula is C63H41N3O. The Labute approximate surface area is 387 Å². The minimum Gasteiger partial charge on any atom is -0.456 e. The van der Waals surface area contributed by atoms with E-state index in [4.69, 9.17) is 14.4 Å². The molecular weight excluding hydrogens is 815 g/mol. The maximum atomic E-state index is 6.63. The lowest BCUT2D eigenvalue weighted by Crippen LogP contribution is -2.31. The molecule has 4 nitrogen and oxygen atoms in total. The van der Waals surface area contributed by atoms with E-state index in [2.05, 4.69) is 236 Å². The maximum Gasteiger partial charge on any atom is 0.136 e. The summed E-state index contributed by atoms with van der Waals surface area (Å²) in [5, 5.41) is 11.7. The SMILES string of the molecule is C1=C(c2ccccc2)N=C(c2ccc(-c3ccc(-c4nc5ccccc5c5c(-c6ccccc6)c6c(cc45)oc4ccccc46)cc3)c3ccccc23)NC1c1cccc(-c2ccccc2)c1. The number of hydrogen-bond donors (Lipinski definition) is 1. The lowest BCUT2D eigenvalue weighted by molar-refractivity contribution is 0.669. The summed E-state index contributed by atoms with van der Waals surface area (Å²) in [6, 6.07) is 81.6. The van der Waals surface area contributed by atoms with E-state index in [1.54, 1.807) is 0 Å². The summed E-state index contributed by atoms with van der Waals surface area (Å²) in [7, 11) is 0. The van der Waals surface area contributed by atoms with Crippen molar-refractivity contribution in [1.29, 1.82) is 0 Å². The molecule has 10 aromatic carbocycles. The van der Waals surface area contributed by atoms with Crippen molar-refractivity contribution >= 4 is 65.9 Å². The number of nitrogens with one attached hydrogen (secondary N) is 1. The minimum atomic E-state index is -0.0936. The summed E-state index contributed by atoms with van der Waals surface area (Å²) in [6.45, 7) is 0. The van der Waals surface area contributed by atoms with Crippen molar-refractivity contribution in [1.82, 2.24) is 10.3 Å². The predicted octanol–water partition coefficient (Wildman–Crippen LogP) is 16.2. The smallest absolute Gasteiger partial charge is 0.136 e. The van der Waals surface area contributed by atoms with Gasteiger partial charge in [0, 0.05) is 43.6 Å². The highest BCUT2D eigenvalue weighted by molar-refractivity contribution is 6.28. The summed E-state index contributed by atoms with van der Waals surface area (Å²) < 4.78 is 6.63. The van der Waals surface area contributed by atoms with Crippen molar-refractivity contribution < 1.29 is 4.42 Å². The molecule has 314 valence electrons. The van der Waals surface area contributed by atoms with E-state index >= 15 is 0 Å². The van der Waals surface area contributed by atoms with Crippen molar-refractivity contribution in [3.8, 4) is 44.6 Å². The molecule has 1 aliphatic rings. The molecule has 1 unspecified atom stereocenters. The summed E-state index contributed by atoms with van der Waals surface area (Å²) in [5.41, 5.74) is 15.9. The third-order valence-corrected chi connectivity index (χ3v) is 13.3. The van der Waals surface area contributed by atoms with E-state index < -0.39 is 0 Å². The zero-order valence-corrected chi connectivity index (χ0v) is 36.4. The molecule has 12 aromatic rings. The second-order valence-corrected chi connectivity index (χ2v) is 17.3. The second kappa shape index (κ2) is 16.0. The third kappa shape index (κ3) is 6.69. The van der Waals surface area contributed by atoms with Crippen LogP contribution >= 0.6 is 0 Å². The summed E-state index contributed by atoms with van der Waals surface area (Å²) in [4.78, 5) is 10.7. The van der Waals surface area contributed by atoms with E-state index in [1.165, 1.54) is 22.1 Å². The number of amidine groups is 1. The number of hydrogen-bond acceptors (Lipinski definition) is 4. The topological polar surface area (TPSA) is 50.4 Å². The van der Waals surface area contributed by atoms with Gasteiger partial charge in [0.25, 0.3) is 0 Å². The molecule has 0 saturated carbocycles. The largest absolute Gasteiger partial charge is 0.456 e. The van der Waals surface area contributed by atoms with E-state index in [9.17, 15) is 0 Å². The number of rotatable bonds is 7. The van der Waals surface area contributed by atoms with Gasteiger partial charge in [0.2, 0.25) is 0 Å². The molecule has 67 heavy (non-hydrogen) atoms. The van der Waals surface area contributed by atoms with Gasteiger partial charge in [-0.3, -0.25) is 0 Å². The van der Waals surface area contributed by atoms with Crippen LogP contribution in [0.1, 0.15) is 22.7 Å². The average Bonchev–Trinajstić information content (AvgIpc) is 3.78. The number of pyridine rings is 1. The highest BCUT2D eigenvalue weighted by Gasteiger charge is 2.24. The monoisotopic (exact) mass is 855 g/mol. The zero-order chi connectivity index (χ0) is 44.3. The van der Waals surface area contributed by atoms with Crippen LogP contribution in [0.2, 0.25) is 0 Å². The molecule has 0 spiro atoms.